The molecule has 0 aliphatic carbocycles. The number of pyridine rings is 1. The van der Waals surface area contributed by atoms with E-state index in [9.17, 15) is 0 Å². The van der Waals surface area contributed by atoms with Crippen LogP contribution in [0, 0.1) is 6.92 Å². The van der Waals surface area contributed by atoms with Gasteiger partial charge in [0.2, 0.25) is 11.7 Å². The van der Waals surface area contributed by atoms with E-state index in [0.29, 0.717) is 11.7 Å². The highest BCUT2D eigenvalue weighted by Crippen LogP contribution is 2.32. The Morgan fingerprint density at radius 3 is 3.24 bits per heavy atom. The molecule has 4 rings (SSSR count). The van der Waals surface area contributed by atoms with Gasteiger partial charge in [-0.1, -0.05) is 11.2 Å². The van der Waals surface area contributed by atoms with Gasteiger partial charge in [0, 0.05) is 17.6 Å². The summed E-state index contributed by atoms with van der Waals surface area (Å²) < 4.78 is 5.48. The first-order chi connectivity index (χ1) is 10.3. The van der Waals surface area contributed by atoms with Gasteiger partial charge in [0.1, 0.15) is 11.7 Å². The molecule has 0 bridgehead atoms. The Morgan fingerprint density at radius 2 is 2.33 bits per heavy atom. The quantitative estimate of drug-likeness (QED) is 0.788. The Balaban J connectivity index is 1.72. The average Bonchev–Trinajstić information content (AvgIpc) is 3.16. The number of rotatable bonds is 2. The normalized spacial score (nSPS) is 17.7. The van der Waals surface area contributed by atoms with Gasteiger partial charge in [-0.25, -0.2) is 0 Å². The van der Waals surface area contributed by atoms with Crippen molar-refractivity contribution in [2.45, 2.75) is 19.4 Å². The lowest BCUT2D eigenvalue weighted by molar-refractivity contribution is 0.344. The average molecular weight is 298 g/mol. The second kappa shape index (κ2) is 5.05. The molecule has 3 aromatic heterocycles. The van der Waals surface area contributed by atoms with Gasteiger partial charge in [-0.2, -0.15) is 4.98 Å². The fourth-order valence-corrected chi connectivity index (χ4v) is 3.56. The van der Waals surface area contributed by atoms with E-state index in [1.54, 1.807) is 17.5 Å². The Kier molecular flexibility index (Phi) is 3.05. The molecular formula is C15H14N4OS. The van der Waals surface area contributed by atoms with Gasteiger partial charge in [0.25, 0.3) is 0 Å². The van der Waals surface area contributed by atoms with Crippen LogP contribution in [0.4, 0.5) is 0 Å². The summed E-state index contributed by atoms with van der Waals surface area (Å²) in [4.78, 5) is 10.3. The molecule has 5 nitrogen and oxygen atoms in total. The van der Waals surface area contributed by atoms with Gasteiger partial charge in [-0.05, 0) is 42.0 Å². The van der Waals surface area contributed by atoms with Crippen LogP contribution in [-0.4, -0.2) is 21.7 Å². The van der Waals surface area contributed by atoms with Crippen LogP contribution in [0.1, 0.15) is 27.9 Å². The molecule has 1 unspecified atom stereocenters. The first-order valence-electron chi connectivity index (χ1n) is 6.88. The van der Waals surface area contributed by atoms with Crippen LogP contribution >= 0.6 is 11.3 Å². The molecule has 21 heavy (non-hydrogen) atoms. The molecule has 6 heteroatoms. The van der Waals surface area contributed by atoms with Crippen molar-refractivity contribution >= 4 is 11.3 Å². The Hall–Kier alpha value is -2.05. The van der Waals surface area contributed by atoms with Crippen molar-refractivity contribution in [2.24, 2.45) is 0 Å². The zero-order chi connectivity index (χ0) is 14.2. The zero-order valence-corrected chi connectivity index (χ0v) is 12.4. The summed E-state index contributed by atoms with van der Waals surface area (Å²) in [5, 5.41) is 9.66. The van der Waals surface area contributed by atoms with Gasteiger partial charge in [-0.15, -0.1) is 11.3 Å². The van der Waals surface area contributed by atoms with Crippen LogP contribution < -0.4 is 5.32 Å². The Labute approximate surface area is 126 Å². The molecule has 0 fully saturated rings. The molecule has 1 atom stereocenters. The maximum absolute atomic E-state index is 5.48. The molecule has 0 radical (unpaired) electrons. The molecule has 1 N–H and O–H groups in total. The number of fused-ring (bicyclic) bond motifs is 1. The number of hydrogen-bond acceptors (Lipinski definition) is 6. The lowest BCUT2D eigenvalue weighted by atomic mass is 10.0. The third kappa shape index (κ3) is 2.16. The minimum atomic E-state index is -0.00901. The van der Waals surface area contributed by atoms with E-state index in [4.69, 9.17) is 4.52 Å². The number of nitrogens with one attached hydrogen (secondary N) is 1. The molecule has 1 aliphatic heterocycles. The third-order valence-corrected chi connectivity index (χ3v) is 4.70. The third-order valence-electron chi connectivity index (χ3n) is 3.70. The van der Waals surface area contributed by atoms with Crippen molar-refractivity contribution in [3.05, 3.63) is 51.7 Å². The van der Waals surface area contributed by atoms with Crippen LogP contribution in [-0.2, 0) is 6.42 Å². The second-order valence-electron chi connectivity index (χ2n) is 5.06. The van der Waals surface area contributed by atoms with Gasteiger partial charge in [0.05, 0.1) is 0 Å². The maximum atomic E-state index is 5.48. The maximum Gasteiger partial charge on any atom is 0.248 e. The van der Waals surface area contributed by atoms with Crippen LogP contribution in [0.2, 0.25) is 0 Å². The number of aryl methyl sites for hydroxylation is 1. The minimum Gasteiger partial charge on any atom is -0.337 e. The molecule has 0 saturated carbocycles. The summed E-state index contributed by atoms with van der Waals surface area (Å²) in [6.45, 7) is 2.92. The molecule has 0 spiro atoms. The van der Waals surface area contributed by atoms with Crippen LogP contribution in [0.25, 0.3) is 11.5 Å². The highest BCUT2D eigenvalue weighted by atomic mass is 32.1. The van der Waals surface area contributed by atoms with E-state index in [0.717, 1.165) is 24.2 Å². The predicted molar refractivity (Wildman–Crippen MR) is 80.1 cm³/mol. The Morgan fingerprint density at radius 1 is 1.38 bits per heavy atom. The molecule has 106 valence electrons. The summed E-state index contributed by atoms with van der Waals surface area (Å²) in [7, 11) is 0. The van der Waals surface area contributed by atoms with Crippen LogP contribution in [0.5, 0.6) is 0 Å². The lowest BCUT2D eigenvalue weighted by Crippen LogP contribution is -2.29. The fraction of sp³-hybridized carbons (Fsp3) is 0.267. The van der Waals surface area contributed by atoms with E-state index in [1.165, 1.54) is 10.4 Å². The summed E-state index contributed by atoms with van der Waals surface area (Å²) in [6, 6.07) is 6.02. The van der Waals surface area contributed by atoms with E-state index in [1.807, 2.05) is 19.1 Å². The highest BCUT2D eigenvalue weighted by Gasteiger charge is 2.27. The van der Waals surface area contributed by atoms with Gasteiger partial charge in [-0.3, -0.25) is 4.98 Å². The van der Waals surface area contributed by atoms with E-state index in [-0.39, 0.29) is 6.04 Å². The summed E-state index contributed by atoms with van der Waals surface area (Å²) in [5.41, 5.74) is 3.06. The van der Waals surface area contributed by atoms with E-state index < -0.39 is 0 Å². The van der Waals surface area contributed by atoms with E-state index in [2.05, 4.69) is 31.9 Å². The molecule has 0 saturated heterocycles. The standard InChI is InChI=1S/C15H14N4OS/c1-9-3-2-6-16-12(9)14-18-15(20-19-14)13-10-5-8-21-11(10)4-7-17-13/h2-3,5-6,8,13,17H,4,7H2,1H3. The smallest absolute Gasteiger partial charge is 0.248 e. The molecule has 0 amide bonds. The molecule has 1 aliphatic rings. The first-order valence-corrected chi connectivity index (χ1v) is 7.76. The number of hydrogen-bond donors (Lipinski definition) is 1. The van der Waals surface area contributed by atoms with Crippen LogP contribution in [0.15, 0.2) is 34.3 Å². The number of thiophene rings is 1. The number of aromatic nitrogens is 3. The van der Waals surface area contributed by atoms with Crippen molar-refractivity contribution in [2.75, 3.05) is 6.54 Å². The Bertz CT molecular complexity index is 779. The lowest BCUT2D eigenvalue weighted by Gasteiger charge is -2.20. The van der Waals surface area contributed by atoms with Crippen molar-refractivity contribution < 1.29 is 4.52 Å². The zero-order valence-electron chi connectivity index (χ0n) is 11.5. The monoisotopic (exact) mass is 298 g/mol. The topological polar surface area (TPSA) is 63.8 Å². The fourth-order valence-electron chi connectivity index (χ4n) is 2.64. The molecule has 3 aromatic rings. The van der Waals surface area contributed by atoms with Gasteiger partial charge in [0.15, 0.2) is 0 Å². The second-order valence-corrected chi connectivity index (χ2v) is 6.06. The predicted octanol–water partition coefficient (Wildman–Crippen LogP) is 2.74. The van der Waals surface area contributed by atoms with E-state index >= 15 is 0 Å². The summed E-state index contributed by atoms with van der Waals surface area (Å²) in [6.07, 6.45) is 2.80. The minimum absolute atomic E-state index is 0.00901. The van der Waals surface area contributed by atoms with Crippen molar-refractivity contribution in [1.29, 1.82) is 0 Å². The molecule has 0 aromatic carbocycles. The highest BCUT2D eigenvalue weighted by molar-refractivity contribution is 7.10. The number of nitrogens with zero attached hydrogens (tertiary/aromatic N) is 3. The van der Waals surface area contributed by atoms with Crippen molar-refractivity contribution in [3.63, 3.8) is 0 Å². The SMILES string of the molecule is Cc1cccnc1-c1noc(C2NCCc3sccc32)n1. The molecular weight excluding hydrogens is 284 g/mol. The first kappa shape index (κ1) is 12.7. The van der Waals surface area contributed by atoms with Crippen molar-refractivity contribution in [3.8, 4) is 11.5 Å². The summed E-state index contributed by atoms with van der Waals surface area (Å²) in [5.74, 6) is 1.15. The van der Waals surface area contributed by atoms with Crippen molar-refractivity contribution in [1.82, 2.24) is 20.4 Å². The molecule has 4 heterocycles. The van der Waals surface area contributed by atoms with Crippen LogP contribution in [0.3, 0.4) is 0 Å². The van der Waals surface area contributed by atoms with Gasteiger partial charge >= 0.3 is 0 Å². The van der Waals surface area contributed by atoms with Gasteiger partial charge < -0.3 is 9.84 Å². The largest absolute Gasteiger partial charge is 0.337 e. The summed E-state index contributed by atoms with van der Waals surface area (Å²) >= 11 is 1.79.